The molecule has 1 rings (SSSR count). The summed E-state index contributed by atoms with van der Waals surface area (Å²) in [5.41, 5.74) is 0.719. The molecule has 0 bridgehead atoms. The fraction of sp³-hybridized carbons (Fsp3) is 0.222. The van der Waals surface area contributed by atoms with Crippen molar-refractivity contribution in [3.63, 3.8) is 0 Å². The van der Waals surface area contributed by atoms with Crippen LogP contribution in [0.5, 0.6) is 0 Å². The van der Waals surface area contributed by atoms with Crippen LogP contribution in [0, 0.1) is 5.92 Å². The lowest BCUT2D eigenvalue weighted by molar-refractivity contribution is -0.139. The molecule has 0 aromatic carbocycles. The fourth-order valence-electron chi connectivity index (χ4n) is 0.986. The van der Waals surface area contributed by atoms with Gasteiger partial charge in [0.05, 0.1) is 0 Å². The molecule has 2 nitrogen and oxygen atoms in total. The highest BCUT2D eigenvalue weighted by Crippen LogP contribution is 2.26. The molecule has 0 fully saturated rings. The van der Waals surface area contributed by atoms with Crippen molar-refractivity contribution in [2.45, 2.75) is 6.92 Å². The number of carboxylic acid groups (broad SMARTS) is 1. The lowest BCUT2D eigenvalue weighted by atomic mass is 10.1. The van der Waals surface area contributed by atoms with Crippen molar-refractivity contribution in [2.24, 2.45) is 5.92 Å². The monoisotopic (exact) mass is 246 g/mol. The van der Waals surface area contributed by atoms with Gasteiger partial charge in [0.1, 0.15) is 11.7 Å². The summed E-state index contributed by atoms with van der Waals surface area (Å²) in [6.07, 6.45) is 4.04. The molecule has 0 aliphatic heterocycles. The number of hydrogen-bond acceptors (Lipinski definition) is 1. The Morgan fingerprint density at radius 2 is 2.23 bits per heavy atom. The quantitative estimate of drug-likeness (QED) is 0.773. The van der Waals surface area contributed by atoms with Gasteiger partial charge in [0.15, 0.2) is 0 Å². The van der Waals surface area contributed by atoms with Crippen LogP contribution in [0.1, 0.15) is 6.92 Å². The maximum atomic E-state index is 13.1. The van der Waals surface area contributed by atoms with Gasteiger partial charge in [-0.15, -0.1) is 0 Å². The van der Waals surface area contributed by atoms with E-state index < -0.39 is 17.7 Å². The zero-order chi connectivity index (χ0) is 10.0. The summed E-state index contributed by atoms with van der Waals surface area (Å²) >= 11 is 3.20. The summed E-state index contributed by atoms with van der Waals surface area (Å²) < 4.78 is 13.8. The third-order valence-electron chi connectivity index (χ3n) is 1.75. The lowest BCUT2D eigenvalue weighted by Gasteiger charge is -2.03. The first-order chi connectivity index (χ1) is 6.02. The first-order valence-corrected chi connectivity index (χ1v) is 4.46. The highest BCUT2D eigenvalue weighted by molar-refractivity contribution is 9.12. The first kappa shape index (κ1) is 10.2. The Balaban J connectivity index is 3.09. The summed E-state index contributed by atoms with van der Waals surface area (Å²) in [5, 5.41) is 8.67. The van der Waals surface area contributed by atoms with Crippen molar-refractivity contribution in [2.75, 3.05) is 0 Å². The van der Waals surface area contributed by atoms with Gasteiger partial charge in [-0.1, -0.05) is 22.0 Å². The zero-order valence-electron chi connectivity index (χ0n) is 6.92. The van der Waals surface area contributed by atoms with Gasteiger partial charge in [-0.05, 0) is 24.6 Å². The van der Waals surface area contributed by atoms with Crippen LogP contribution in [0.15, 0.2) is 34.1 Å². The van der Waals surface area contributed by atoms with Crippen molar-refractivity contribution in [1.82, 2.24) is 0 Å². The van der Waals surface area contributed by atoms with E-state index in [1.165, 1.54) is 12.2 Å². The predicted octanol–water partition coefficient (Wildman–Crippen LogP) is 2.78. The van der Waals surface area contributed by atoms with Gasteiger partial charge >= 0.3 is 5.97 Å². The van der Waals surface area contributed by atoms with E-state index in [2.05, 4.69) is 15.9 Å². The van der Waals surface area contributed by atoms with E-state index in [1.807, 2.05) is 0 Å². The standard InChI is InChI=1S/C9H8BrFO2/c1-5-4-6(9(12)13)8(11)3-2-7(5)10/h2-4,6H,1H3,(H,12,13). The Labute approximate surface area is 83.6 Å². The van der Waals surface area contributed by atoms with E-state index in [9.17, 15) is 9.18 Å². The van der Waals surface area contributed by atoms with Gasteiger partial charge in [0, 0.05) is 4.48 Å². The molecule has 1 unspecified atom stereocenters. The van der Waals surface area contributed by atoms with Gasteiger partial charge < -0.3 is 5.11 Å². The van der Waals surface area contributed by atoms with Gasteiger partial charge in [0.25, 0.3) is 0 Å². The molecule has 0 aromatic heterocycles. The average Bonchev–Trinajstić information content (AvgIpc) is 2.18. The van der Waals surface area contributed by atoms with Crippen molar-refractivity contribution in [3.8, 4) is 0 Å². The molecule has 1 atom stereocenters. The molecule has 0 spiro atoms. The molecule has 1 N–H and O–H groups in total. The molecular weight excluding hydrogens is 239 g/mol. The zero-order valence-corrected chi connectivity index (χ0v) is 8.51. The minimum atomic E-state index is -1.18. The van der Waals surface area contributed by atoms with Gasteiger partial charge in [-0.2, -0.15) is 0 Å². The van der Waals surface area contributed by atoms with E-state index in [4.69, 9.17) is 5.11 Å². The maximum Gasteiger partial charge on any atom is 0.317 e. The van der Waals surface area contributed by atoms with Crippen LogP contribution >= 0.6 is 15.9 Å². The Morgan fingerprint density at radius 1 is 1.62 bits per heavy atom. The molecule has 1 aliphatic carbocycles. The van der Waals surface area contributed by atoms with Crippen LogP contribution in [0.2, 0.25) is 0 Å². The van der Waals surface area contributed by atoms with Crippen molar-refractivity contribution >= 4 is 21.9 Å². The summed E-state index contributed by atoms with van der Waals surface area (Å²) in [4.78, 5) is 10.6. The number of allylic oxidation sites excluding steroid dienone is 4. The second-order valence-electron chi connectivity index (χ2n) is 2.73. The topological polar surface area (TPSA) is 37.3 Å². The molecule has 0 heterocycles. The second-order valence-corrected chi connectivity index (χ2v) is 3.59. The molecule has 0 radical (unpaired) electrons. The Hall–Kier alpha value is -0.900. The first-order valence-electron chi connectivity index (χ1n) is 3.67. The SMILES string of the molecule is CC1=CC(C(=O)O)C(F)=CC=C1Br. The van der Waals surface area contributed by atoms with Crippen LogP contribution in [-0.2, 0) is 4.79 Å². The van der Waals surface area contributed by atoms with Crippen LogP contribution in [-0.4, -0.2) is 11.1 Å². The minimum absolute atomic E-state index is 0.652. The number of aliphatic carboxylic acids is 1. The molecule has 4 heteroatoms. The highest BCUT2D eigenvalue weighted by atomic mass is 79.9. The summed E-state index contributed by atoms with van der Waals surface area (Å²) in [7, 11) is 0. The number of carboxylic acids is 1. The molecule has 0 aromatic rings. The van der Waals surface area contributed by atoms with Gasteiger partial charge in [-0.25, -0.2) is 4.39 Å². The Bertz CT molecular complexity index is 329. The number of halogens is 2. The maximum absolute atomic E-state index is 13.1. The average molecular weight is 247 g/mol. The largest absolute Gasteiger partial charge is 0.480 e. The molecular formula is C9H8BrFO2. The van der Waals surface area contributed by atoms with E-state index in [0.717, 1.165) is 11.6 Å². The predicted molar refractivity (Wildman–Crippen MR) is 51.1 cm³/mol. The third kappa shape index (κ3) is 2.28. The van der Waals surface area contributed by atoms with Crippen molar-refractivity contribution in [3.05, 3.63) is 34.1 Å². The Kier molecular flexibility index (Phi) is 3.03. The highest BCUT2D eigenvalue weighted by Gasteiger charge is 2.21. The van der Waals surface area contributed by atoms with E-state index in [1.54, 1.807) is 6.92 Å². The summed E-state index contributed by atoms with van der Waals surface area (Å²) in [6.45, 7) is 1.73. The van der Waals surface area contributed by atoms with Crippen LogP contribution in [0.3, 0.4) is 0 Å². The van der Waals surface area contributed by atoms with Crippen LogP contribution < -0.4 is 0 Å². The molecule has 13 heavy (non-hydrogen) atoms. The van der Waals surface area contributed by atoms with Crippen LogP contribution in [0.4, 0.5) is 4.39 Å². The second kappa shape index (κ2) is 3.87. The third-order valence-corrected chi connectivity index (χ3v) is 2.64. The molecule has 1 aliphatic rings. The minimum Gasteiger partial charge on any atom is -0.480 e. The van der Waals surface area contributed by atoms with E-state index >= 15 is 0 Å². The molecule has 0 saturated heterocycles. The number of hydrogen-bond donors (Lipinski definition) is 1. The van der Waals surface area contributed by atoms with E-state index in [-0.39, 0.29) is 0 Å². The van der Waals surface area contributed by atoms with Gasteiger partial charge in [0.2, 0.25) is 0 Å². The smallest absolute Gasteiger partial charge is 0.317 e. The molecule has 0 amide bonds. The molecule has 70 valence electrons. The fourth-order valence-corrected chi connectivity index (χ4v) is 1.25. The number of carbonyl (C=O) groups is 1. The normalized spacial score (nSPS) is 22.7. The van der Waals surface area contributed by atoms with Crippen molar-refractivity contribution < 1.29 is 14.3 Å². The van der Waals surface area contributed by atoms with Crippen molar-refractivity contribution in [1.29, 1.82) is 0 Å². The Morgan fingerprint density at radius 3 is 2.77 bits per heavy atom. The molecule has 0 saturated carbocycles. The van der Waals surface area contributed by atoms with Gasteiger partial charge in [-0.3, -0.25) is 4.79 Å². The summed E-state index contributed by atoms with van der Waals surface area (Å²) in [6, 6.07) is 0. The van der Waals surface area contributed by atoms with Crippen LogP contribution in [0.25, 0.3) is 0 Å². The lowest BCUT2D eigenvalue weighted by Crippen LogP contribution is -2.11. The van der Waals surface area contributed by atoms with E-state index in [0.29, 0.717) is 4.48 Å². The summed E-state index contributed by atoms with van der Waals surface area (Å²) in [5.74, 6) is -2.99. The number of rotatable bonds is 1.